The first kappa shape index (κ1) is 14.2. The number of nitrogens with zero attached hydrogens (tertiary/aromatic N) is 1. The monoisotopic (exact) mass is 286 g/mol. The third-order valence-electron chi connectivity index (χ3n) is 3.96. The molecule has 0 amide bonds. The summed E-state index contributed by atoms with van der Waals surface area (Å²) in [6, 6.07) is 12.9. The van der Waals surface area contributed by atoms with Gasteiger partial charge < -0.3 is 20.1 Å². The lowest BCUT2D eigenvalue weighted by molar-refractivity contribution is 0.0512. The maximum absolute atomic E-state index is 6.07. The number of hydrogen-bond donors (Lipinski definition) is 1. The summed E-state index contributed by atoms with van der Waals surface area (Å²) in [5.74, 6) is 0.831. The van der Waals surface area contributed by atoms with E-state index >= 15 is 0 Å². The summed E-state index contributed by atoms with van der Waals surface area (Å²) in [6.45, 7) is 2.31. The zero-order chi connectivity index (χ0) is 14.7. The fraction of sp³-hybridized carbons (Fsp3) is 0.412. The summed E-state index contributed by atoms with van der Waals surface area (Å²) in [5.41, 5.74) is 7.32. The smallest absolute Gasteiger partial charge is 0.188 e. The molecule has 0 bridgehead atoms. The SMILES string of the molecule is COCOc1ccc2cc(N3CCCC(N)C3)ccc2c1. The summed E-state index contributed by atoms with van der Waals surface area (Å²) in [6.07, 6.45) is 2.30. The number of anilines is 1. The highest BCUT2D eigenvalue weighted by molar-refractivity contribution is 5.87. The van der Waals surface area contributed by atoms with Crippen LogP contribution >= 0.6 is 0 Å². The van der Waals surface area contributed by atoms with Gasteiger partial charge in [0.25, 0.3) is 0 Å². The molecule has 3 rings (SSSR count). The van der Waals surface area contributed by atoms with Crippen molar-refractivity contribution in [1.82, 2.24) is 0 Å². The van der Waals surface area contributed by atoms with E-state index in [-0.39, 0.29) is 6.79 Å². The van der Waals surface area contributed by atoms with Gasteiger partial charge in [-0.3, -0.25) is 0 Å². The zero-order valence-electron chi connectivity index (χ0n) is 12.4. The van der Waals surface area contributed by atoms with Crippen LogP contribution in [0, 0.1) is 0 Å². The van der Waals surface area contributed by atoms with E-state index in [1.165, 1.54) is 22.9 Å². The van der Waals surface area contributed by atoms with E-state index < -0.39 is 0 Å². The largest absolute Gasteiger partial charge is 0.468 e. The highest BCUT2D eigenvalue weighted by atomic mass is 16.7. The van der Waals surface area contributed by atoms with Crippen LogP contribution in [0.2, 0.25) is 0 Å². The molecule has 2 aromatic rings. The van der Waals surface area contributed by atoms with Crippen molar-refractivity contribution >= 4 is 16.5 Å². The Kier molecular flexibility index (Phi) is 4.27. The summed E-state index contributed by atoms with van der Waals surface area (Å²) < 4.78 is 10.4. The Labute approximate surface area is 125 Å². The van der Waals surface area contributed by atoms with Gasteiger partial charge >= 0.3 is 0 Å². The molecule has 21 heavy (non-hydrogen) atoms. The van der Waals surface area contributed by atoms with E-state index in [9.17, 15) is 0 Å². The number of rotatable bonds is 4. The predicted octanol–water partition coefficient (Wildman–Crippen LogP) is 2.75. The molecular weight excluding hydrogens is 264 g/mol. The number of piperidine rings is 1. The first-order valence-electron chi connectivity index (χ1n) is 7.42. The van der Waals surface area contributed by atoms with Crippen molar-refractivity contribution < 1.29 is 9.47 Å². The molecule has 1 aliphatic heterocycles. The average molecular weight is 286 g/mol. The maximum atomic E-state index is 6.07. The topological polar surface area (TPSA) is 47.7 Å². The molecule has 0 spiro atoms. The Hall–Kier alpha value is -1.78. The van der Waals surface area contributed by atoms with Crippen LogP contribution in [0.3, 0.4) is 0 Å². The lowest BCUT2D eigenvalue weighted by Gasteiger charge is -2.32. The van der Waals surface area contributed by atoms with Gasteiger partial charge in [-0.15, -0.1) is 0 Å². The van der Waals surface area contributed by atoms with Gasteiger partial charge in [0, 0.05) is 31.9 Å². The van der Waals surface area contributed by atoms with E-state index in [1.54, 1.807) is 7.11 Å². The molecule has 4 heteroatoms. The first-order chi connectivity index (χ1) is 10.3. The average Bonchev–Trinajstić information content (AvgIpc) is 2.52. The fourth-order valence-corrected chi connectivity index (χ4v) is 2.87. The Morgan fingerprint density at radius 2 is 2.00 bits per heavy atom. The summed E-state index contributed by atoms with van der Waals surface area (Å²) in [5, 5.41) is 2.39. The van der Waals surface area contributed by atoms with Gasteiger partial charge in [-0.1, -0.05) is 12.1 Å². The van der Waals surface area contributed by atoms with Crippen molar-refractivity contribution in [3.8, 4) is 5.75 Å². The molecule has 1 heterocycles. The third kappa shape index (κ3) is 3.28. The summed E-state index contributed by atoms with van der Waals surface area (Å²) >= 11 is 0. The van der Waals surface area contributed by atoms with Gasteiger partial charge in [-0.25, -0.2) is 0 Å². The highest BCUT2D eigenvalue weighted by Gasteiger charge is 2.17. The number of hydrogen-bond acceptors (Lipinski definition) is 4. The lowest BCUT2D eigenvalue weighted by Crippen LogP contribution is -2.42. The molecule has 0 aromatic heterocycles. The van der Waals surface area contributed by atoms with Crippen molar-refractivity contribution in [2.75, 3.05) is 31.9 Å². The van der Waals surface area contributed by atoms with Gasteiger partial charge in [0.05, 0.1) is 0 Å². The van der Waals surface area contributed by atoms with Crippen LogP contribution in [0.1, 0.15) is 12.8 Å². The van der Waals surface area contributed by atoms with Gasteiger partial charge in [-0.05, 0) is 47.9 Å². The molecule has 1 aliphatic rings. The molecule has 1 atom stereocenters. The molecule has 1 unspecified atom stereocenters. The number of methoxy groups -OCH3 is 1. The zero-order valence-corrected chi connectivity index (χ0v) is 12.4. The molecule has 2 N–H and O–H groups in total. The molecule has 0 radical (unpaired) electrons. The van der Waals surface area contributed by atoms with Crippen molar-refractivity contribution in [1.29, 1.82) is 0 Å². The van der Waals surface area contributed by atoms with Crippen LogP contribution in [0.15, 0.2) is 36.4 Å². The maximum Gasteiger partial charge on any atom is 0.188 e. The predicted molar refractivity (Wildman–Crippen MR) is 85.9 cm³/mol. The van der Waals surface area contributed by atoms with E-state index in [0.717, 1.165) is 25.3 Å². The van der Waals surface area contributed by atoms with E-state index in [0.29, 0.717) is 6.04 Å². The van der Waals surface area contributed by atoms with Crippen molar-refractivity contribution in [3.63, 3.8) is 0 Å². The molecule has 0 aliphatic carbocycles. The van der Waals surface area contributed by atoms with Crippen molar-refractivity contribution in [3.05, 3.63) is 36.4 Å². The standard InChI is InChI=1S/C17H22N2O2/c1-20-12-21-17-7-5-13-9-16(6-4-14(13)10-17)19-8-2-3-15(18)11-19/h4-7,9-10,15H,2-3,8,11-12,18H2,1H3. The number of benzene rings is 2. The molecule has 1 saturated heterocycles. The molecular formula is C17H22N2O2. The summed E-state index contributed by atoms with van der Waals surface area (Å²) in [4.78, 5) is 2.38. The molecule has 1 fully saturated rings. The molecule has 112 valence electrons. The third-order valence-corrected chi connectivity index (χ3v) is 3.96. The fourth-order valence-electron chi connectivity index (χ4n) is 2.87. The minimum Gasteiger partial charge on any atom is -0.468 e. The second-order valence-electron chi connectivity index (χ2n) is 5.59. The van der Waals surface area contributed by atoms with Gasteiger partial charge in [0.15, 0.2) is 6.79 Å². The quantitative estimate of drug-likeness (QED) is 0.878. The second-order valence-corrected chi connectivity index (χ2v) is 5.59. The highest BCUT2D eigenvalue weighted by Crippen LogP contribution is 2.27. The number of ether oxygens (including phenoxy) is 2. The van der Waals surface area contributed by atoms with Crippen LogP contribution in [0.4, 0.5) is 5.69 Å². The Morgan fingerprint density at radius 3 is 2.81 bits per heavy atom. The van der Waals surface area contributed by atoms with Crippen LogP contribution in [-0.4, -0.2) is 33.0 Å². The summed E-state index contributed by atoms with van der Waals surface area (Å²) in [7, 11) is 1.62. The second kappa shape index (κ2) is 6.33. The molecule has 4 nitrogen and oxygen atoms in total. The first-order valence-corrected chi connectivity index (χ1v) is 7.42. The Balaban J connectivity index is 1.83. The van der Waals surface area contributed by atoms with E-state index in [4.69, 9.17) is 15.2 Å². The molecule has 2 aromatic carbocycles. The lowest BCUT2D eigenvalue weighted by atomic mass is 10.0. The molecule has 0 saturated carbocycles. The van der Waals surface area contributed by atoms with Crippen molar-refractivity contribution in [2.45, 2.75) is 18.9 Å². The van der Waals surface area contributed by atoms with Crippen LogP contribution in [-0.2, 0) is 4.74 Å². The van der Waals surface area contributed by atoms with Gasteiger partial charge in [0.1, 0.15) is 5.75 Å². The van der Waals surface area contributed by atoms with Crippen LogP contribution in [0.25, 0.3) is 10.8 Å². The minimum absolute atomic E-state index is 0.273. The minimum atomic E-state index is 0.273. The normalized spacial score (nSPS) is 19.0. The van der Waals surface area contributed by atoms with Crippen LogP contribution in [0.5, 0.6) is 5.75 Å². The van der Waals surface area contributed by atoms with Crippen molar-refractivity contribution in [2.24, 2.45) is 5.73 Å². The Morgan fingerprint density at radius 1 is 1.19 bits per heavy atom. The van der Waals surface area contributed by atoms with Gasteiger partial charge in [0.2, 0.25) is 0 Å². The number of fused-ring (bicyclic) bond motifs is 1. The Bertz CT molecular complexity index is 615. The van der Waals surface area contributed by atoms with Gasteiger partial charge in [-0.2, -0.15) is 0 Å². The van der Waals surface area contributed by atoms with E-state index in [2.05, 4.69) is 29.2 Å². The van der Waals surface area contributed by atoms with E-state index in [1.807, 2.05) is 12.1 Å². The van der Waals surface area contributed by atoms with Crippen LogP contribution < -0.4 is 15.4 Å². The number of nitrogens with two attached hydrogens (primary N) is 1.